The largest absolute Gasteiger partial charge is 0.394 e. The van der Waals surface area contributed by atoms with Crippen molar-refractivity contribution in [1.29, 1.82) is 0 Å². The van der Waals surface area contributed by atoms with Crippen LogP contribution in [0.1, 0.15) is 52.9 Å². The van der Waals surface area contributed by atoms with Gasteiger partial charge in [0.25, 0.3) is 0 Å². The van der Waals surface area contributed by atoms with Crippen LogP contribution in [0.5, 0.6) is 0 Å². The summed E-state index contributed by atoms with van der Waals surface area (Å²) in [5, 5.41) is 13.3. The molecule has 2 fully saturated rings. The van der Waals surface area contributed by atoms with Gasteiger partial charge in [-0.2, -0.15) is 0 Å². The zero-order valence-electron chi connectivity index (χ0n) is 12.3. The van der Waals surface area contributed by atoms with E-state index in [1.807, 2.05) is 0 Å². The van der Waals surface area contributed by atoms with Gasteiger partial charge in [-0.25, -0.2) is 0 Å². The van der Waals surface area contributed by atoms with E-state index in [-0.39, 0.29) is 12.1 Å². The molecule has 1 aliphatic carbocycles. The van der Waals surface area contributed by atoms with Gasteiger partial charge in [-0.3, -0.25) is 0 Å². The van der Waals surface area contributed by atoms with Gasteiger partial charge in [-0.15, -0.1) is 0 Å². The van der Waals surface area contributed by atoms with Gasteiger partial charge >= 0.3 is 0 Å². The molecule has 0 bridgehead atoms. The minimum Gasteiger partial charge on any atom is -0.394 e. The van der Waals surface area contributed by atoms with Crippen LogP contribution in [0.4, 0.5) is 0 Å². The molecule has 3 nitrogen and oxygen atoms in total. The molecule has 106 valence electrons. The standard InChI is InChI=1S/C15H30N2O/c1-4-15(5-2)8-9-17(11-15)10-14(3,12-18)16-13-6-7-13/h13,16,18H,4-12H2,1-3H3. The Balaban J connectivity index is 1.88. The Morgan fingerprint density at radius 2 is 2.00 bits per heavy atom. The SMILES string of the molecule is CCC1(CC)CCN(CC(C)(CO)NC2CC2)C1. The first-order valence-corrected chi connectivity index (χ1v) is 7.66. The smallest absolute Gasteiger partial charge is 0.0623 e. The van der Waals surface area contributed by atoms with Crippen LogP contribution in [-0.4, -0.2) is 47.8 Å². The summed E-state index contributed by atoms with van der Waals surface area (Å²) in [6, 6.07) is 0.659. The van der Waals surface area contributed by atoms with Gasteiger partial charge in [0, 0.05) is 19.1 Å². The van der Waals surface area contributed by atoms with Gasteiger partial charge in [0.2, 0.25) is 0 Å². The number of nitrogens with zero attached hydrogens (tertiary/aromatic N) is 1. The Bertz CT molecular complexity index is 274. The lowest BCUT2D eigenvalue weighted by Gasteiger charge is -2.34. The summed E-state index contributed by atoms with van der Waals surface area (Å²) in [4.78, 5) is 2.55. The summed E-state index contributed by atoms with van der Waals surface area (Å²) >= 11 is 0. The molecule has 0 aromatic rings. The lowest BCUT2D eigenvalue weighted by molar-refractivity contribution is 0.121. The van der Waals surface area contributed by atoms with Crippen LogP contribution in [0.15, 0.2) is 0 Å². The first-order chi connectivity index (χ1) is 8.55. The molecule has 2 aliphatic rings. The number of hydrogen-bond donors (Lipinski definition) is 2. The van der Waals surface area contributed by atoms with E-state index in [9.17, 15) is 5.11 Å². The molecule has 0 radical (unpaired) electrons. The molecule has 0 aromatic carbocycles. The van der Waals surface area contributed by atoms with E-state index in [0.717, 1.165) is 6.54 Å². The van der Waals surface area contributed by atoms with Gasteiger partial charge < -0.3 is 15.3 Å². The average molecular weight is 254 g/mol. The minimum absolute atomic E-state index is 0.112. The number of nitrogens with one attached hydrogen (secondary N) is 1. The Kier molecular flexibility index (Phi) is 4.35. The maximum absolute atomic E-state index is 9.68. The van der Waals surface area contributed by atoms with E-state index in [1.54, 1.807) is 0 Å². The molecule has 1 saturated heterocycles. The number of aliphatic hydroxyl groups is 1. The fourth-order valence-electron chi connectivity index (χ4n) is 3.35. The summed E-state index contributed by atoms with van der Waals surface area (Å²) in [5.41, 5.74) is 0.425. The fraction of sp³-hybridized carbons (Fsp3) is 1.00. The normalized spacial score (nSPS) is 27.3. The van der Waals surface area contributed by atoms with Crippen LogP contribution in [0.3, 0.4) is 0 Å². The highest BCUT2D eigenvalue weighted by atomic mass is 16.3. The van der Waals surface area contributed by atoms with Crippen LogP contribution in [0.2, 0.25) is 0 Å². The first kappa shape index (κ1) is 14.3. The van der Waals surface area contributed by atoms with E-state index < -0.39 is 0 Å². The van der Waals surface area contributed by atoms with Gasteiger partial charge in [-0.05, 0) is 51.0 Å². The van der Waals surface area contributed by atoms with Crippen molar-refractivity contribution in [2.24, 2.45) is 5.41 Å². The Labute approximate surface area is 112 Å². The number of aliphatic hydroxyl groups excluding tert-OH is 1. The van der Waals surface area contributed by atoms with E-state index in [0.29, 0.717) is 11.5 Å². The lowest BCUT2D eigenvalue weighted by atomic mass is 9.82. The molecule has 1 aliphatic heterocycles. The van der Waals surface area contributed by atoms with Crippen LogP contribution in [0, 0.1) is 5.41 Å². The van der Waals surface area contributed by atoms with Crippen molar-refractivity contribution in [3.63, 3.8) is 0 Å². The second-order valence-electron chi connectivity index (χ2n) is 6.81. The first-order valence-electron chi connectivity index (χ1n) is 7.66. The second kappa shape index (κ2) is 5.48. The Hall–Kier alpha value is -0.120. The molecule has 18 heavy (non-hydrogen) atoms. The van der Waals surface area contributed by atoms with Crippen LogP contribution < -0.4 is 5.32 Å². The second-order valence-corrected chi connectivity index (χ2v) is 6.81. The zero-order chi connectivity index (χ0) is 13.2. The molecule has 2 rings (SSSR count). The van der Waals surface area contributed by atoms with Crippen LogP contribution in [0.25, 0.3) is 0 Å². The van der Waals surface area contributed by atoms with E-state index in [1.165, 1.54) is 45.2 Å². The topological polar surface area (TPSA) is 35.5 Å². The van der Waals surface area contributed by atoms with Crippen molar-refractivity contribution < 1.29 is 5.11 Å². The average Bonchev–Trinajstić information content (AvgIpc) is 3.08. The molecule has 0 spiro atoms. The Morgan fingerprint density at radius 1 is 1.33 bits per heavy atom. The monoisotopic (exact) mass is 254 g/mol. The molecule has 0 amide bonds. The summed E-state index contributed by atoms with van der Waals surface area (Å²) in [5.74, 6) is 0. The summed E-state index contributed by atoms with van der Waals surface area (Å²) in [7, 11) is 0. The summed E-state index contributed by atoms with van der Waals surface area (Å²) in [6.07, 6.45) is 6.45. The number of hydrogen-bond acceptors (Lipinski definition) is 3. The van der Waals surface area contributed by atoms with Crippen LogP contribution >= 0.6 is 0 Å². The van der Waals surface area contributed by atoms with Crippen molar-refractivity contribution in [2.45, 2.75) is 64.5 Å². The molecule has 0 aromatic heterocycles. The fourth-order valence-corrected chi connectivity index (χ4v) is 3.35. The molecule has 1 unspecified atom stereocenters. The van der Waals surface area contributed by atoms with Crippen molar-refractivity contribution in [2.75, 3.05) is 26.2 Å². The highest BCUT2D eigenvalue weighted by Gasteiger charge is 2.39. The molecule has 1 atom stereocenters. The molecule has 1 heterocycles. The highest BCUT2D eigenvalue weighted by Crippen LogP contribution is 2.37. The predicted molar refractivity (Wildman–Crippen MR) is 75.7 cm³/mol. The third-order valence-electron chi connectivity index (χ3n) is 5.07. The molecular weight excluding hydrogens is 224 g/mol. The Morgan fingerprint density at radius 3 is 2.44 bits per heavy atom. The van der Waals surface area contributed by atoms with Crippen molar-refractivity contribution >= 4 is 0 Å². The minimum atomic E-state index is -0.112. The van der Waals surface area contributed by atoms with Crippen molar-refractivity contribution in [3.05, 3.63) is 0 Å². The van der Waals surface area contributed by atoms with E-state index >= 15 is 0 Å². The van der Waals surface area contributed by atoms with Crippen LogP contribution in [-0.2, 0) is 0 Å². The van der Waals surface area contributed by atoms with Gasteiger partial charge in [0.05, 0.1) is 12.1 Å². The lowest BCUT2D eigenvalue weighted by Crippen LogP contribution is -2.54. The number of rotatable bonds is 7. The quantitative estimate of drug-likeness (QED) is 0.729. The van der Waals surface area contributed by atoms with E-state index in [4.69, 9.17) is 0 Å². The van der Waals surface area contributed by atoms with Gasteiger partial charge in [-0.1, -0.05) is 13.8 Å². The third-order valence-corrected chi connectivity index (χ3v) is 5.07. The summed E-state index contributed by atoms with van der Waals surface area (Å²) in [6.45, 7) is 10.4. The maximum Gasteiger partial charge on any atom is 0.0623 e. The molecular formula is C15H30N2O. The summed E-state index contributed by atoms with van der Waals surface area (Å²) < 4.78 is 0. The van der Waals surface area contributed by atoms with Gasteiger partial charge in [0.15, 0.2) is 0 Å². The van der Waals surface area contributed by atoms with Gasteiger partial charge in [0.1, 0.15) is 0 Å². The van der Waals surface area contributed by atoms with E-state index in [2.05, 4.69) is 31.0 Å². The molecule has 2 N–H and O–H groups in total. The number of likely N-dealkylation sites (tertiary alicyclic amines) is 1. The van der Waals surface area contributed by atoms with Crippen molar-refractivity contribution in [1.82, 2.24) is 10.2 Å². The maximum atomic E-state index is 9.68. The zero-order valence-corrected chi connectivity index (χ0v) is 12.3. The van der Waals surface area contributed by atoms with Crippen molar-refractivity contribution in [3.8, 4) is 0 Å². The third kappa shape index (κ3) is 3.25. The highest BCUT2D eigenvalue weighted by molar-refractivity contribution is 4.97. The molecule has 3 heteroatoms. The predicted octanol–water partition coefficient (Wildman–Crippen LogP) is 2.00. The molecule has 1 saturated carbocycles.